The van der Waals surface area contributed by atoms with Crippen LogP contribution in [0.25, 0.3) is 0 Å². The van der Waals surface area contributed by atoms with Gasteiger partial charge in [0.15, 0.2) is 5.41 Å². The molecule has 0 spiro atoms. The minimum Gasteiger partial charge on any atom is -0.238 e. The molecule has 1 heterocycles. The molecule has 0 aromatic heterocycles. The molecule has 0 aromatic carbocycles. The lowest BCUT2D eigenvalue weighted by Gasteiger charge is -2.15. The maximum absolute atomic E-state index is 9.30. The maximum atomic E-state index is 9.30. The van der Waals surface area contributed by atoms with E-state index in [0.29, 0.717) is 11.8 Å². The van der Waals surface area contributed by atoms with E-state index in [1.165, 1.54) is 12.0 Å². The molecule has 0 unspecified atom stereocenters. The Morgan fingerprint density at radius 2 is 2.05 bits per heavy atom. The highest BCUT2D eigenvalue weighted by Crippen LogP contribution is 2.56. The fraction of sp³-hybridized carbons (Fsp3) is 0.533. The van der Waals surface area contributed by atoms with Crippen LogP contribution in [0.2, 0.25) is 0 Å². The zero-order chi connectivity index (χ0) is 13.5. The summed E-state index contributed by atoms with van der Waals surface area (Å²) in [5.41, 5.74) is -0.0308. The molecule has 1 aliphatic heterocycles. The monoisotopic (exact) mass is 248 g/mol. The molecule has 0 bridgehead atoms. The van der Waals surface area contributed by atoms with Gasteiger partial charge in [-0.1, -0.05) is 18.1 Å². The predicted molar refractivity (Wildman–Crippen MR) is 67.5 cm³/mol. The molecule has 3 rings (SSSR count). The van der Waals surface area contributed by atoms with Gasteiger partial charge in [0, 0.05) is 12.3 Å². The lowest BCUT2D eigenvalue weighted by Crippen LogP contribution is -2.19. The molecule has 3 atom stereocenters. The summed E-state index contributed by atoms with van der Waals surface area (Å²) in [6.45, 7) is 0. The Labute approximate surface area is 112 Å². The molecule has 2 saturated carbocycles. The number of hydrogen-bond donors (Lipinski definition) is 0. The highest BCUT2D eigenvalue weighted by Gasteiger charge is 2.51. The number of allylic oxidation sites excluding steroid dienone is 2. The molecule has 0 amide bonds. The van der Waals surface area contributed by atoms with E-state index in [-0.39, 0.29) is 18.0 Å². The first kappa shape index (κ1) is 11.7. The van der Waals surface area contributed by atoms with E-state index in [1.807, 2.05) is 24.3 Å². The predicted octanol–water partition coefficient (Wildman–Crippen LogP) is 2.27. The van der Waals surface area contributed by atoms with Gasteiger partial charge in [-0.05, 0) is 24.6 Å². The van der Waals surface area contributed by atoms with Gasteiger partial charge in [-0.2, -0.15) is 15.8 Å². The number of nitrogens with zero attached hydrogens (tertiary/aromatic N) is 4. The Morgan fingerprint density at radius 3 is 2.74 bits per heavy atom. The van der Waals surface area contributed by atoms with Crippen LogP contribution in [0.1, 0.15) is 25.7 Å². The molecule has 4 nitrogen and oxygen atoms in total. The van der Waals surface area contributed by atoms with E-state index in [9.17, 15) is 10.5 Å². The molecule has 4 heteroatoms. The Hall–Kier alpha value is -2.34. The molecule has 0 saturated heterocycles. The maximum Gasteiger partial charge on any atom is 0.190 e. The minimum atomic E-state index is -1.42. The lowest BCUT2D eigenvalue weighted by molar-refractivity contribution is 0.422. The zero-order valence-electron chi connectivity index (χ0n) is 10.4. The molecule has 19 heavy (non-hydrogen) atoms. The van der Waals surface area contributed by atoms with Gasteiger partial charge in [0.05, 0.1) is 18.2 Å². The van der Waals surface area contributed by atoms with Crippen LogP contribution in [0.4, 0.5) is 0 Å². The summed E-state index contributed by atoms with van der Waals surface area (Å²) in [5.74, 6) is 3.77. The Kier molecular flexibility index (Phi) is 2.53. The lowest BCUT2D eigenvalue weighted by atomic mass is 9.81. The molecule has 2 aliphatic carbocycles. The molecular weight excluding hydrogens is 236 g/mol. The SMILES string of the molecule is N#CC1=C=N[C@@H]2CCC[C@@H]3C(=CCC1(C#N)C#N)[C@@H]32. The van der Waals surface area contributed by atoms with Gasteiger partial charge < -0.3 is 0 Å². The third-order valence-corrected chi connectivity index (χ3v) is 4.47. The van der Waals surface area contributed by atoms with Crippen molar-refractivity contribution in [1.29, 1.82) is 15.8 Å². The van der Waals surface area contributed by atoms with Gasteiger partial charge in [-0.15, -0.1) is 0 Å². The average Bonchev–Trinajstić information content (AvgIpc) is 3.15. The van der Waals surface area contributed by atoms with E-state index in [2.05, 4.69) is 10.9 Å². The van der Waals surface area contributed by atoms with Gasteiger partial charge in [-0.3, -0.25) is 0 Å². The van der Waals surface area contributed by atoms with Crippen molar-refractivity contribution >= 4 is 5.87 Å². The van der Waals surface area contributed by atoms with Gasteiger partial charge >= 0.3 is 0 Å². The van der Waals surface area contributed by atoms with Crippen LogP contribution in [0, 0.1) is 51.2 Å². The summed E-state index contributed by atoms with van der Waals surface area (Å²) in [6, 6.07) is 6.08. The molecule has 3 aliphatic rings. The molecule has 2 fully saturated rings. The summed E-state index contributed by atoms with van der Waals surface area (Å²) in [4.78, 5) is 4.38. The summed E-state index contributed by atoms with van der Waals surface area (Å²) < 4.78 is 0. The van der Waals surface area contributed by atoms with Crippen LogP contribution in [-0.4, -0.2) is 11.9 Å². The summed E-state index contributed by atoms with van der Waals surface area (Å²) >= 11 is 0. The summed E-state index contributed by atoms with van der Waals surface area (Å²) in [5, 5.41) is 27.8. The topological polar surface area (TPSA) is 83.7 Å². The van der Waals surface area contributed by atoms with Crippen molar-refractivity contribution in [2.24, 2.45) is 22.2 Å². The van der Waals surface area contributed by atoms with Crippen LogP contribution in [0.5, 0.6) is 0 Å². The fourth-order valence-corrected chi connectivity index (χ4v) is 3.32. The molecule has 0 radical (unpaired) electrons. The number of fused-ring (bicyclic) bond motifs is 1. The Morgan fingerprint density at radius 1 is 1.26 bits per heavy atom. The first-order valence-electron chi connectivity index (χ1n) is 6.51. The largest absolute Gasteiger partial charge is 0.238 e. The van der Waals surface area contributed by atoms with Crippen molar-refractivity contribution < 1.29 is 0 Å². The number of rotatable bonds is 0. The number of aliphatic imine (C=N–C) groups is 1. The second-order valence-corrected chi connectivity index (χ2v) is 5.40. The van der Waals surface area contributed by atoms with Gasteiger partial charge in [0.1, 0.15) is 11.6 Å². The third-order valence-electron chi connectivity index (χ3n) is 4.47. The van der Waals surface area contributed by atoms with Crippen LogP contribution >= 0.6 is 0 Å². The zero-order valence-corrected chi connectivity index (χ0v) is 10.4. The van der Waals surface area contributed by atoms with Crippen LogP contribution in [0.3, 0.4) is 0 Å². The van der Waals surface area contributed by atoms with Crippen molar-refractivity contribution in [2.45, 2.75) is 31.7 Å². The molecule has 92 valence electrons. The molecule has 0 N–H and O–H groups in total. The van der Waals surface area contributed by atoms with Gasteiger partial charge in [0.2, 0.25) is 0 Å². The molecular formula is C15H12N4. The van der Waals surface area contributed by atoms with Gasteiger partial charge in [0.25, 0.3) is 0 Å². The van der Waals surface area contributed by atoms with Crippen LogP contribution in [0.15, 0.2) is 22.2 Å². The van der Waals surface area contributed by atoms with Crippen molar-refractivity contribution in [1.82, 2.24) is 0 Å². The molecule has 0 aromatic rings. The van der Waals surface area contributed by atoms with E-state index < -0.39 is 5.41 Å². The number of hydrogen-bond acceptors (Lipinski definition) is 4. The van der Waals surface area contributed by atoms with Gasteiger partial charge in [-0.25, -0.2) is 4.99 Å². The van der Waals surface area contributed by atoms with Crippen molar-refractivity contribution in [2.75, 3.05) is 0 Å². The second-order valence-electron chi connectivity index (χ2n) is 5.40. The number of nitriles is 3. The van der Waals surface area contributed by atoms with Crippen molar-refractivity contribution in [3.05, 3.63) is 17.2 Å². The normalized spacial score (nSPS) is 33.8. The van der Waals surface area contributed by atoms with Crippen LogP contribution in [-0.2, 0) is 0 Å². The highest BCUT2D eigenvalue weighted by atomic mass is 14.8. The highest BCUT2D eigenvalue weighted by molar-refractivity contribution is 5.70. The average molecular weight is 248 g/mol. The second kappa shape index (κ2) is 4.10. The first-order valence-corrected chi connectivity index (χ1v) is 6.51. The summed E-state index contributed by atoms with van der Waals surface area (Å²) in [6.07, 6.45) is 5.62. The first-order chi connectivity index (χ1) is 9.25. The van der Waals surface area contributed by atoms with Crippen molar-refractivity contribution in [3.63, 3.8) is 0 Å². The van der Waals surface area contributed by atoms with E-state index in [4.69, 9.17) is 5.26 Å². The van der Waals surface area contributed by atoms with Crippen molar-refractivity contribution in [3.8, 4) is 18.2 Å². The van der Waals surface area contributed by atoms with Crippen LogP contribution < -0.4 is 0 Å². The quantitative estimate of drug-likeness (QED) is 0.616. The fourth-order valence-electron chi connectivity index (χ4n) is 3.32. The summed E-state index contributed by atoms with van der Waals surface area (Å²) in [7, 11) is 0. The Balaban J connectivity index is 2.12. The Bertz CT molecular complexity index is 629. The standard InChI is InChI=1S/C15H12N4/c16-6-10-7-19-13-3-1-2-11-12(14(11)13)4-5-15(10,8-17)9-18/h4,11,13-14H,1-3,5H2/t11-,13-,14-/m1/s1. The van der Waals surface area contributed by atoms with E-state index >= 15 is 0 Å². The smallest absolute Gasteiger partial charge is 0.190 e. The third kappa shape index (κ3) is 1.61. The minimum absolute atomic E-state index is 0.0535. The van der Waals surface area contributed by atoms with E-state index in [1.54, 1.807) is 0 Å². The van der Waals surface area contributed by atoms with E-state index in [0.717, 1.165) is 12.8 Å².